The van der Waals surface area contributed by atoms with E-state index in [1.165, 1.54) is 0 Å². The van der Waals surface area contributed by atoms with Crippen LogP contribution in [0.1, 0.15) is 58.9 Å². The van der Waals surface area contributed by atoms with Gasteiger partial charge in [-0.05, 0) is 67.1 Å². The minimum atomic E-state index is -0.749. The van der Waals surface area contributed by atoms with Crippen molar-refractivity contribution in [1.29, 1.82) is 0 Å². The van der Waals surface area contributed by atoms with Crippen LogP contribution in [0.15, 0.2) is 18.2 Å². The van der Waals surface area contributed by atoms with Gasteiger partial charge in [0.25, 0.3) is 0 Å². The first-order chi connectivity index (χ1) is 18.6. The number of hydrogen-bond acceptors (Lipinski definition) is 7. The number of benzene rings is 1. The molecule has 1 aromatic rings. The molecular weight excluding hydrogens is 496 g/mol. The van der Waals surface area contributed by atoms with E-state index in [4.69, 9.17) is 24.7 Å². The Morgan fingerprint density at radius 3 is 2.51 bits per heavy atom. The van der Waals surface area contributed by atoms with Crippen LogP contribution in [0.3, 0.4) is 0 Å². The number of nitrogens with one attached hydrogen (secondary N) is 1. The third kappa shape index (κ3) is 8.81. The summed E-state index contributed by atoms with van der Waals surface area (Å²) < 4.78 is 22.1. The minimum Gasteiger partial charge on any atom is -0.493 e. The Kier molecular flexibility index (Phi) is 11.9. The molecule has 0 radical (unpaired) electrons. The van der Waals surface area contributed by atoms with E-state index in [9.17, 15) is 9.90 Å². The molecule has 2 aliphatic rings. The van der Waals surface area contributed by atoms with Crippen LogP contribution in [-0.2, 0) is 20.7 Å². The van der Waals surface area contributed by atoms with Crippen molar-refractivity contribution in [3.05, 3.63) is 23.8 Å². The second-order valence-corrected chi connectivity index (χ2v) is 12.4. The zero-order chi connectivity index (χ0) is 28.6. The van der Waals surface area contributed by atoms with E-state index in [0.717, 1.165) is 43.8 Å². The van der Waals surface area contributed by atoms with Gasteiger partial charge >= 0.3 is 0 Å². The second kappa shape index (κ2) is 14.7. The van der Waals surface area contributed by atoms with Gasteiger partial charge in [0.15, 0.2) is 11.5 Å². The van der Waals surface area contributed by atoms with E-state index in [0.29, 0.717) is 50.2 Å². The molecule has 1 saturated carbocycles. The fourth-order valence-electron chi connectivity index (χ4n) is 5.77. The summed E-state index contributed by atoms with van der Waals surface area (Å²) in [5.74, 6) is 2.51. The van der Waals surface area contributed by atoms with Gasteiger partial charge in [0.2, 0.25) is 5.91 Å². The lowest BCUT2D eigenvalue weighted by Gasteiger charge is -2.30. The van der Waals surface area contributed by atoms with Gasteiger partial charge in [0, 0.05) is 44.1 Å². The predicted molar refractivity (Wildman–Crippen MR) is 153 cm³/mol. The van der Waals surface area contributed by atoms with Crippen molar-refractivity contribution < 1.29 is 28.8 Å². The van der Waals surface area contributed by atoms with Crippen molar-refractivity contribution in [2.45, 2.75) is 71.9 Å². The first kappa shape index (κ1) is 31.7. The molecule has 2 fully saturated rings. The molecule has 0 bridgehead atoms. The molecule has 8 nitrogen and oxygen atoms in total. The summed E-state index contributed by atoms with van der Waals surface area (Å²) in [6.45, 7) is 11.9. The third-order valence-corrected chi connectivity index (χ3v) is 8.81. The van der Waals surface area contributed by atoms with Crippen LogP contribution in [0.5, 0.6) is 11.5 Å². The van der Waals surface area contributed by atoms with Crippen LogP contribution >= 0.6 is 0 Å². The Labute approximate surface area is 235 Å². The largest absolute Gasteiger partial charge is 0.493 e. The molecule has 39 heavy (non-hydrogen) atoms. The van der Waals surface area contributed by atoms with Gasteiger partial charge in [-0.25, -0.2) is 0 Å². The van der Waals surface area contributed by atoms with E-state index in [-0.39, 0.29) is 29.1 Å². The highest BCUT2D eigenvalue weighted by Gasteiger charge is 2.58. The van der Waals surface area contributed by atoms with E-state index in [1.807, 2.05) is 26.0 Å². The van der Waals surface area contributed by atoms with Gasteiger partial charge in [-0.3, -0.25) is 4.79 Å². The van der Waals surface area contributed by atoms with Crippen molar-refractivity contribution in [2.75, 3.05) is 47.2 Å². The van der Waals surface area contributed by atoms with Crippen molar-refractivity contribution in [3.8, 4) is 11.5 Å². The molecule has 6 atom stereocenters. The summed E-state index contributed by atoms with van der Waals surface area (Å²) in [6, 6.07) is 5.64. The third-order valence-electron chi connectivity index (χ3n) is 8.81. The molecule has 2 unspecified atom stereocenters. The zero-order valence-electron chi connectivity index (χ0n) is 24.9. The maximum Gasteiger partial charge on any atom is 0.223 e. The van der Waals surface area contributed by atoms with Crippen LogP contribution in [0.4, 0.5) is 0 Å². The number of carbonyl (C=O) groups is 1. The first-order valence-corrected chi connectivity index (χ1v) is 14.7. The standard InChI is InChI=1S/C31H52N2O6/c1-20(2)23(12-22-8-9-28(37-6)29(13-22)39-11-7-10-36-5)14-26(32)27(34)15-25(21(3)4)30(35)33-18-31-16-24(31)17-38-19-31/h8-9,13,20-21,23-27,34H,7,10-12,14-19,32H2,1-6H3,(H,33,35)/t23?,24?,25-,26-,27-,31-/m0/s1. The fraction of sp³-hybridized carbons (Fsp3) is 0.774. The Morgan fingerprint density at radius 2 is 1.92 bits per heavy atom. The number of methoxy groups -OCH3 is 2. The monoisotopic (exact) mass is 548 g/mol. The Balaban J connectivity index is 1.56. The number of nitrogens with two attached hydrogens (primary N) is 1. The zero-order valence-corrected chi connectivity index (χ0v) is 24.9. The Hall–Kier alpha value is -1.87. The smallest absolute Gasteiger partial charge is 0.223 e. The molecular formula is C31H52N2O6. The van der Waals surface area contributed by atoms with Gasteiger partial charge in [0.05, 0.1) is 33.0 Å². The maximum absolute atomic E-state index is 13.1. The normalized spacial score (nSPS) is 23.3. The summed E-state index contributed by atoms with van der Waals surface area (Å²) >= 11 is 0. The molecule has 1 aromatic carbocycles. The van der Waals surface area contributed by atoms with Crippen LogP contribution < -0.4 is 20.5 Å². The number of fused-ring (bicyclic) bond motifs is 1. The summed E-state index contributed by atoms with van der Waals surface area (Å²) in [4.78, 5) is 13.1. The number of aliphatic hydroxyl groups excluding tert-OH is 1. The number of hydrogen-bond donors (Lipinski definition) is 3. The molecule has 8 heteroatoms. The van der Waals surface area contributed by atoms with Crippen LogP contribution in [-0.4, -0.2) is 70.4 Å². The van der Waals surface area contributed by atoms with Gasteiger partial charge in [-0.15, -0.1) is 0 Å². The van der Waals surface area contributed by atoms with Gasteiger partial charge < -0.3 is 35.1 Å². The van der Waals surface area contributed by atoms with Gasteiger partial charge in [0.1, 0.15) is 0 Å². The highest BCUT2D eigenvalue weighted by molar-refractivity contribution is 5.79. The minimum absolute atomic E-state index is 0.0137. The summed E-state index contributed by atoms with van der Waals surface area (Å²) in [7, 11) is 3.33. The molecule has 1 aliphatic carbocycles. The van der Waals surface area contributed by atoms with Crippen LogP contribution in [0.25, 0.3) is 0 Å². The number of ether oxygens (including phenoxy) is 4. The molecule has 222 valence electrons. The summed E-state index contributed by atoms with van der Waals surface area (Å²) in [5, 5.41) is 14.3. The molecule has 0 spiro atoms. The Bertz CT molecular complexity index is 909. The average Bonchev–Trinajstić information content (AvgIpc) is 3.45. The van der Waals surface area contributed by atoms with Crippen LogP contribution in [0, 0.1) is 35.0 Å². The van der Waals surface area contributed by atoms with Crippen molar-refractivity contribution >= 4 is 5.91 Å². The van der Waals surface area contributed by atoms with E-state index >= 15 is 0 Å². The molecule has 3 rings (SSSR count). The van der Waals surface area contributed by atoms with E-state index < -0.39 is 12.1 Å². The Morgan fingerprint density at radius 1 is 1.15 bits per heavy atom. The molecule has 1 saturated heterocycles. The van der Waals surface area contributed by atoms with Gasteiger partial charge in [-0.1, -0.05) is 33.8 Å². The number of carbonyl (C=O) groups excluding carboxylic acids is 1. The number of amides is 1. The van der Waals surface area contributed by atoms with Crippen molar-refractivity contribution in [1.82, 2.24) is 5.32 Å². The van der Waals surface area contributed by atoms with Gasteiger partial charge in [-0.2, -0.15) is 0 Å². The van der Waals surface area contributed by atoms with Crippen molar-refractivity contribution in [3.63, 3.8) is 0 Å². The molecule has 1 heterocycles. The lowest BCUT2D eigenvalue weighted by atomic mass is 9.80. The topological polar surface area (TPSA) is 112 Å². The molecule has 4 N–H and O–H groups in total. The molecule has 1 amide bonds. The summed E-state index contributed by atoms with van der Waals surface area (Å²) in [5.41, 5.74) is 7.86. The van der Waals surface area contributed by atoms with Crippen molar-refractivity contribution in [2.24, 2.45) is 40.7 Å². The highest BCUT2D eigenvalue weighted by atomic mass is 16.5. The number of aliphatic hydroxyl groups is 1. The molecule has 1 aliphatic heterocycles. The first-order valence-electron chi connectivity index (χ1n) is 14.7. The van der Waals surface area contributed by atoms with E-state index in [1.54, 1.807) is 14.2 Å². The quantitative estimate of drug-likeness (QED) is 0.239. The van der Waals surface area contributed by atoms with Crippen LogP contribution in [0.2, 0.25) is 0 Å². The lowest BCUT2D eigenvalue weighted by molar-refractivity contribution is -0.128. The maximum atomic E-state index is 13.1. The fourth-order valence-corrected chi connectivity index (χ4v) is 5.77. The average molecular weight is 549 g/mol. The summed E-state index contributed by atoms with van der Waals surface area (Å²) in [6.07, 6.45) is 3.04. The molecule has 0 aromatic heterocycles. The predicted octanol–water partition coefficient (Wildman–Crippen LogP) is 3.82. The SMILES string of the molecule is COCCCOc1cc(CC(C[C@H](N)[C@@H](O)C[C@H](C(=O)NC[C@@]23COCC2C3)C(C)C)C(C)C)ccc1OC. The number of rotatable bonds is 18. The lowest BCUT2D eigenvalue weighted by Crippen LogP contribution is -2.43. The highest BCUT2D eigenvalue weighted by Crippen LogP contribution is 2.56. The second-order valence-electron chi connectivity index (χ2n) is 12.4. The van der Waals surface area contributed by atoms with E-state index in [2.05, 4.69) is 25.2 Å².